The monoisotopic (exact) mass is 389 g/mol. The third-order valence-corrected chi connectivity index (χ3v) is 5.84. The van der Waals surface area contributed by atoms with Crippen LogP contribution >= 0.6 is 12.2 Å². The Morgan fingerprint density at radius 1 is 1.11 bits per heavy atom. The molecule has 1 aliphatic heterocycles. The van der Waals surface area contributed by atoms with Gasteiger partial charge in [0.25, 0.3) is 0 Å². The van der Waals surface area contributed by atoms with E-state index in [0.717, 1.165) is 42.8 Å². The number of nitrogens with one attached hydrogen (secondary N) is 2. The molecular formula is C22H35N3OS. The number of ether oxygens (including phenoxy) is 1. The Morgan fingerprint density at radius 3 is 2.44 bits per heavy atom. The first-order chi connectivity index (χ1) is 13.1. The van der Waals surface area contributed by atoms with Gasteiger partial charge in [-0.05, 0) is 93.4 Å². The van der Waals surface area contributed by atoms with E-state index in [9.17, 15) is 0 Å². The zero-order chi connectivity index (χ0) is 19.1. The molecule has 27 heavy (non-hydrogen) atoms. The summed E-state index contributed by atoms with van der Waals surface area (Å²) in [5.41, 5.74) is 1.00. The fourth-order valence-corrected chi connectivity index (χ4v) is 4.69. The topological polar surface area (TPSA) is 36.5 Å². The third-order valence-electron chi connectivity index (χ3n) is 5.60. The minimum Gasteiger partial charge on any atom is -0.490 e. The van der Waals surface area contributed by atoms with Crippen LogP contribution in [-0.2, 0) is 0 Å². The average molecular weight is 390 g/mol. The number of nitrogens with zero attached hydrogens (tertiary/aromatic N) is 1. The number of benzene rings is 1. The number of thiocarbonyl (C=S) groups is 1. The van der Waals surface area contributed by atoms with E-state index in [1.807, 2.05) is 24.3 Å². The second-order valence-corrected chi connectivity index (χ2v) is 8.90. The van der Waals surface area contributed by atoms with Crippen molar-refractivity contribution in [1.29, 1.82) is 0 Å². The van der Waals surface area contributed by atoms with Gasteiger partial charge in [0.15, 0.2) is 5.11 Å². The second-order valence-electron chi connectivity index (χ2n) is 8.49. The minimum atomic E-state index is 0.400. The molecule has 2 fully saturated rings. The summed E-state index contributed by atoms with van der Waals surface area (Å²) in [5, 5.41) is 7.29. The molecule has 1 heterocycles. The fourth-order valence-electron chi connectivity index (χ4n) is 4.47. The van der Waals surface area contributed by atoms with Crippen LogP contribution in [0.1, 0.15) is 52.4 Å². The molecule has 2 atom stereocenters. The molecule has 2 N–H and O–H groups in total. The van der Waals surface area contributed by atoms with Gasteiger partial charge in [-0.25, -0.2) is 0 Å². The summed E-state index contributed by atoms with van der Waals surface area (Å²) < 4.78 is 6.01. The predicted molar refractivity (Wildman–Crippen MR) is 118 cm³/mol. The van der Waals surface area contributed by atoms with E-state index in [1.165, 1.54) is 45.2 Å². The van der Waals surface area contributed by atoms with Crippen LogP contribution in [0.4, 0.5) is 5.69 Å². The highest BCUT2D eigenvalue weighted by Gasteiger charge is 2.21. The van der Waals surface area contributed by atoms with Gasteiger partial charge in [-0.2, -0.15) is 0 Å². The lowest BCUT2D eigenvalue weighted by molar-refractivity contribution is 0.140. The summed E-state index contributed by atoms with van der Waals surface area (Å²) in [5.74, 6) is 2.60. The summed E-state index contributed by atoms with van der Waals surface area (Å²) in [6, 6.07) is 8.13. The lowest BCUT2D eigenvalue weighted by Crippen LogP contribution is -2.40. The first kappa shape index (κ1) is 20.4. The van der Waals surface area contributed by atoms with Crippen LogP contribution in [0.15, 0.2) is 24.3 Å². The van der Waals surface area contributed by atoms with Crippen molar-refractivity contribution >= 4 is 23.0 Å². The zero-order valence-corrected chi connectivity index (χ0v) is 17.7. The van der Waals surface area contributed by atoms with E-state index in [-0.39, 0.29) is 0 Å². The normalized spacial score (nSPS) is 23.9. The predicted octanol–water partition coefficient (Wildman–Crippen LogP) is 4.66. The van der Waals surface area contributed by atoms with Crippen molar-refractivity contribution in [3.05, 3.63) is 24.3 Å². The SMILES string of the molecule is CC1CC(C)CN(CCCNC(=S)Nc2ccc(OC3CCCC3)cc2)C1. The summed E-state index contributed by atoms with van der Waals surface area (Å²) in [4.78, 5) is 2.60. The van der Waals surface area contributed by atoms with Crippen molar-refractivity contribution in [1.82, 2.24) is 10.2 Å². The van der Waals surface area contributed by atoms with E-state index in [2.05, 4.69) is 29.4 Å². The van der Waals surface area contributed by atoms with Gasteiger partial charge in [-0.3, -0.25) is 0 Å². The lowest BCUT2D eigenvalue weighted by atomic mass is 9.92. The van der Waals surface area contributed by atoms with Crippen LogP contribution in [0.2, 0.25) is 0 Å². The van der Waals surface area contributed by atoms with Gasteiger partial charge in [-0.1, -0.05) is 13.8 Å². The van der Waals surface area contributed by atoms with Crippen molar-refractivity contribution < 1.29 is 4.74 Å². The van der Waals surface area contributed by atoms with Gasteiger partial charge >= 0.3 is 0 Å². The van der Waals surface area contributed by atoms with Gasteiger partial charge < -0.3 is 20.3 Å². The highest BCUT2D eigenvalue weighted by atomic mass is 32.1. The molecule has 0 aromatic heterocycles. The molecule has 3 rings (SSSR count). The Bertz CT molecular complexity index is 576. The van der Waals surface area contributed by atoms with Crippen LogP contribution in [0, 0.1) is 11.8 Å². The Hall–Kier alpha value is -1.33. The Balaban J connectivity index is 1.31. The van der Waals surface area contributed by atoms with Crippen molar-refractivity contribution in [3.8, 4) is 5.75 Å². The van der Waals surface area contributed by atoms with Gasteiger partial charge in [0.1, 0.15) is 5.75 Å². The Labute approximate surface area is 170 Å². The Morgan fingerprint density at radius 2 is 1.78 bits per heavy atom. The molecule has 1 saturated carbocycles. The standard InChI is InChI=1S/C22H35N3OS/c1-17-14-18(2)16-25(15-17)13-5-12-23-22(27)24-19-8-10-21(11-9-19)26-20-6-3-4-7-20/h8-11,17-18,20H,3-7,12-16H2,1-2H3,(H2,23,24,27). The molecule has 0 amide bonds. The number of anilines is 1. The van der Waals surface area contributed by atoms with E-state index < -0.39 is 0 Å². The molecule has 1 aromatic rings. The maximum Gasteiger partial charge on any atom is 0.170 e. The quantitative estimate of drug-likeness (QED) is 0.524. The molecule has 0 spiro atoms. The molecular weight excluding hydrogens is 354 g/mol. The first-order valence-corrected chi connectivity index (χ1v) is 11.0. The summed E-state index contributed by atoms with van der Waals surface area (Å²) >= 11 is 5.42. The molecule has 0 radical (unpaired) electrons. The molecule has 5 heteroatoms. The zero-order valence-electron chi connectivity index (χ0n) is 16.9. The molecule has 1 aliphatic carbocycles. The maximum atomic E-state index is 6.01. The maximum absolute atomic E-state index is 6.01. The highest BCUT2D eigenvalue weighted by molar-refractivity contribution is 7.80. The van der Waals surface area contributed by atoms with Gasteiger partial charge in [0, 0.05) is 25.3 Å². The molecule has 1 aromatic carbocycles. The van der Waals surface area contributed by atoms with Crippen LogP contribution < -0.4 is 15.4 Å². The smallest absolute Gasteiger partial charge is 0.170 e. The van der Waals surface area contributed by atoms with Crippen molar-refractivity contribution in [2.75, 3.05) is 31.5 Å². The molecule has 1 saturated heterocycles. The summed E-state index contributed by atoms with van der Waals surface area (Å²) in [6.45, 7) is 9.27. The minimum absolute atomic E-state index is 0.400. The first-order valence-electron chi connectivity index (χ1n) is 10.6. The van der Waals surface area contributed by atoms with Crippen molar-refractivity contribution in [2.24, 2.45) is 11.8 Å². The number of likely N-dealkylation sites (tertiary alicyclic amines) is 1. The van der Waals surface area contributed by atoms with E-state index >= 15 is 0 Å². The highest BCUT2D eigenvalue weighted by Crippen LogP contribution is 2.25. The van der Waals surface area contributed by atoms with Gasteiger partial charge in [0.05, 0.1) is 6.10 Å². The largest absolute Gasteiger partial charge is 0.490 e. The molecule has 0 bridgehead atoms. The summed E-state index contributed by atoms with van der Waals surface area (Å²) in [7, 11) is 0. The number of hydrogen-bond donors (Lipinski definition) is 2. The molecule has 2 unspecified atom stereocenters. The molecule has 4 nitrogen and oxygen atoms in total. The second kappa shape index (κ2) is 10.3. The van der Waals surface area contributed by atoms with E-state index in [4.69, 9.17) is 17.0 Å². The van der Waals surface area contributed by atoms with Crippen LogP contribution in [-0.4, -0.2) is 42.3 Å². The van der Waals surface area contributed by atoms with Gasteiger partial charge in [-0.15, -0.1) is 0 Å². The molecule has 150 valence electrons. The van der Waals surface area contributed by atoms with Crippen LogP contribution in [0.25, 0.3) is 0 Å². The number of hydrogen-bond acceptors (Lipinski definition) is 3. The molecule has 2 aliphatic rings. The van der Waals surface area contributed by atoms with E-state index in [0.29, 0.717) is 11.2 Å². The Kier molecular flexibility index (Phi) is 7.77. The van der Waals surface area contributed by atoms with E-state index in [1.54, 1.807) is 0 Å². The third kappa shape index (κ3) is 6.96. The van der Waals surface area contributed by atoms with Crippen LogP contribution in [0.5, 0.6) is 5.75 Å². The summed E-state index contributed by atoms with van der Waals surface area (Å²) in [6.07, 6.45) is 7.84. The lowest BCUT2D eigenvalue weighted by Gasteiger charge is -2.34. The number of rotatable bonds is 7. The average Bonchev–Trinajstić information content (AvgIpc) is 3.13. The van der Waals surface area contributed by atoms with Crippen molar-refractivity contribution in [3.63, 3.8) is 0 Å². The van der Waals surface area contributed by atoms with Crippen LogP contribution in [0.3, 0.4) is 0 Å². The van der Waals surface area contributed by atoms with Gasteiger partial charge in [0.2, 0.25) is 0 Å². The fraction of sp³-hybridized carbons (Fsp3) is 0.682. The number of piperidine rings is 1. The van der Waals surface area contributed by atoms with Crippen molar-refractivity contribution in [2.45, 2.75) is 58.5 Å².